The third-order valence-corrected chi connectivity index (χ3v) is 6.04. The van der Waals surface area contributed by atoms with Crippen LogP contribution in [0.4, 0.5) is 5.69 Å². The first-order valence-electron chi connectivity index (χ1n) is 9.64. The number of sulfonamides is 1. The highest BCUT2D eigenvalue weighted by Crippen LogP contribution is 2.24. The fourth-order valence-corrected chi connectivity index (χ4v) is 4.16. The number of hydrogen-bond acceptors (Lipinski definition) is 4. The lowest BCUT2D eigenvalue weighted by Crippen LogP contribution is -2.50. The van der Waals surface area contributed by atoms with Gasteiger partial charge >= 0.3 is 0 Å². The predicted octanol–water partition coefficient (Wildman–Crippen LogP) is 2.23. The molecule has 0 fully saturated rings. The van der Waals surface area contributed by atoms with Crippen LogP contribution in [0.2, 0.25) is 0 Å². The molecule has 0 spiro atoms. The number of hydrogen-bond donors (Lipinski definition) is 1. The molecule has 162 valence electrons. The Kier molecular flexibility index (Phi) is 7.61. The smallest absolute Gasteiger partial charge is 0.244 e. The molecule has 2 aromatic rings. The van der Waals surface area contributed by atoms with Gasteiger partial charge in [-0.25, -0.2) is 8.42 Å². The maximum Gasteiger partial charge on any atom is 0.244 e. The number of carbonyl (C=O) groups is 2. The Labute approximate surface area is 178 Å². The van der Waals surface area contributed by atoms with E-state index < -0.39 is 28.5 Å². The molecular formula is C22H29N3O4S. The van der Waals surface area contributed by atoms with Crippen LogP contribution in [0.5, 0.6) is 0 Å². The average molecular weight is 432 g/mol. The van der Waals surface area contributed by atoms with Crippen molar-refractivity contribution in [2.45, 2.75) is 33.4 Å². The van der Waals surface area contributed by atoms with E-state index in [1.165, 1.54) is 11.9 Å². The lowest BCUT2D eigenvalue weighted by Gasteiger charge is -2.31. The van der Waals surface area contributed by atoms with Gasteiger partial charge in [-0.2, -0.15) is 0 Å². The molecule has 2 aromatic carbocycles. The van der Waals surface area contributed by atoms with E-state index in [0.29, 0.717) is 5.69 Å². The highest BCUT2D eigenvalue weighted by atomic mass is 32.2. The van der Waals surface area contributed by atoms with Gasteiger partial charge in [0.2, 0.25) is 21.8 Å². The summed E-state index contributed by atoms with van der Waals surface area (Å²) in [6.07, 6.45) is 1.07. The van der Waals surface area contributed by atoms with Crippen molar-refractivity contribution in [2.24, 2.45) is 0 Å². The van der Waals surface area contributed by atoms with E-state index in [9.17, 15) is 18.0 Å². The summed E-state index contributed by atoms with van der Waals surface area (Å²) in [5.41, 5.74) is 3.04. The zero-order chi connectivity index (χ0) is 22.5. The Morgan fingerprint density at radius 3 is 2.23 bits per heavy atom. The number of aryl methyl sites for hydroxylation is 2. The second-order valence-electron chi connectivity index (χ2n) is 7.36. The van der Waals surface area contributed by atoms with Gasteiger partial charge in [-0.15, -0.1) is 0 Å². The number of carbonyl (C=O) groups excluding carboxylic acids is 2. The predicted molar refractivity (Wildman–Crippen MR) is 119 cm³/mol. The highest BCUT2D eigenvalue weighted by Gasteiger charge is 2.30. The van der Waals surface area contributed by atoms with E-state index in [1.807, 2.05) is 43.3 Å². The molecule has 7 nitrogen and oxygen atoms in total. The van der Waals surface area contributed by atoms with Gasteiger partial charge in [-0.1, -0.05) is 48.0 Å². The number of benzene rings is 2. The van der Waals surface area contributed by atoms with Crippen molar-refractivity contribution < 1.29 is 18.0 Å². The molecule has 0 aliphatic rings. The summed E-state index contributed by atoms with van der Waals surface area (Å²) in [5, 5.41) is 2.55. The first kappa shape index (κ1) is 23.4. The summed E-state index contributed by atoms with van der Waals surface area (Å²) in [6.45, 7) is 5.15. The van der Waals surface area contributed by atoms with Crippen LogP contribution in [-0.2, 0) is 26.2 Å². The molecule has 1 atom stereocenters. The van der Waals surface area contributed by atoms with E-state index in [-0.39, 0.29) is 12.5 Å². The molecule has 0 bridgehead atoms. The molecule has 0 aliphatic heterocycles. The van der Waals surface area contributed by atoms with Gasteiger partial charge in [-0.05, 0) is 38.0 Å². The molecule has 2 amide bonds. The summed E-state index contributed by atoms with van der Waals surface area (Å²) in [6, 6.07) is 13.9. The monoisotopic (exact) mass is 431 g/mol. The standard InChI is InChI=1S/C22H29N3O4S/c1-16-11-12-20(17(2)13-16)25(30(5,28)29)15-21(26)24(18(3)22(27)23-4)14-19-9-7-6-8-10-19/h6-13,18H,14-15H2,1-5H3,(H,23,27)/t18-/m0/s1. The van der Waals surface area contributed by atoms with Crippen molar-refractivity contribution >= 4 is 27.5 Å². The molecule has 0 aliphatic carbocycles. The Hall–Kier alpha value is -2.87. The highest BCUT2D eigenvalue weighted by molar-refractivity contribution is 7.92. The summed E-state index contributed by atoms with van der Waals surface area (Å²) in [4.78, 5) is 26.9. The van der Waals surface area contributed by atoms with E-state index in [1.54, 1.807) is 26.0 Å². The number of likely N-dealkylation sites (N-methyl/N-ethyl adjacent to an activating group) is 1. The maximum absolute atomic E-state index is 13.3. The molecule has 1 N–H and O–H groups in total. The molecule has 30 heavy (non-hydrogen) atoms. The van der Waals surface area contributed by atoms with E-state index in [0.717, 1.165) is 27.3 Å². The van der Waals surface area contributed by atoms with Crippen molar-refractivity contribution in [3.8, 4) is 0 Å². The fraction of sp³-hybridized carbons (Fsp3) is 0.364. The van der Waals surface area contributed by atoms with Crippen LogP contribution >= 0.6 is 0 Å². The second kappa shape index (κ2) is 9.75. The maximum atomic E-state index is 13.3. The Balaban J connectivity index is 2.39. The van der Waals surface area contributed by atoms with Crippen molar-refractivity contribution in [2.75, 3.05) is 24.2 Å². The SMILES string of the molecule is CNC(=O)[C@H](C)N(Cc1ccccc1)C(=O)CN(c1ccc(C)cc1C)S(C)(=O)=O. The van der Waals surface area contributed by atoms with E-state index in [4.69, 9.17) is 0 Å². The topological polar surface area (TPSA) is 86.8 Å². The number of rotatable bonds is 8. The number of nitrogens with one attached hydrogen (secondary N) is 1. The third kappa shape index (κ3) is 5.82. The number of anilines is 1. The fourth-order valence-electron chi connectivity index (χ4n) is 3.25. The lowest BCUT2D eigenvalue weighted by molar-refractivity contribution is -0.139. The van der Waals surface area contributed by atoms with Crippen LogP contribution in [-0.4, -0.2) is 51.0 Å². The van der Waals surface area contributed by atoms with Gasteiger partial charge in [0.25, 0.3) is 0 Å². The Morgan fingerprint density at radius 1 is 1.07 bits per heavy atom. The number of nitrogens with zero attached hydrogens (tertiary/aromatic N) is 2. The van der Waals surface area contributed by atoms with Gasteiger partial charge in [0.1, 0.15) is 12.6 Å². The minimum absolute atomic E-state index is 0.193. The second-order valence-corrected chi connectivity index (χ2v) is 9.26. The molecule has 0 aromatic heterocycles. The van der Waals surface area contributed by atoms with Gasteiger partial charge < -0.3 is 10.2 Å². The minimum Gasteiger partial charge on any atom is -0.357 e. The van der Waals surface area contributed by atoms with Crippen molar-refractivity contribution in [1.82, 2.24) is 10.2 Å². The van der Waals surface area contributed by atoms with Crippen molar-refractivity contribution in [1.29, 1.82) is 0 Å². The van der Waals surface area contributed by atoms with Crippen molar-refractivity contribution in [3.63, 3.8) is 0 Å². The van der Waals surface area contributed by atoms with Crippen LogP contribution in [0.3, 0.4) is 0 Å². The summed E-state index contributed by atoms with van der Waals surface area (Å²) in [5.74, 6) is -0.781. The summed E-state index contributed by atoms with van der Waals surface area (Å²) < 4.78 is 26.1. The number of amides is 2. The van der Waals surface area contributed by atoms with Crippen LogP contribution in [0.15, 0.2) is 48.5 Å². The molecule has 0 unspecified atom stereocenters. The van der Waals surface area contributed by atoms with Gasteiger partial charge in [0, 0.05) is 13.6 Å². The molecule has 2 rings (SSSR count). The third-order valence-electron chi connectivity index (χ3n) is 4.91. The average Bonchev–Trinajstić information content (AvgIpc) is 2.69. The molecule has 0 saturated carbocycles. The summed E-state index contributed by atoms with van der Waals surface area (Å²) >= 11 is 0. The quantitative estimate of drug-likeness (QED) is 0.694. The van der Waals surface area contributed by atoms with E-state index in [2.05, 4.69) is 5.32 Å². The first-order chi connectivity index (χ1) is 14.0. The van der Waals surface area contributed by atoms with Crippen LogP contribution in [0, 0.1) is 13.8 Å². The zero-order valence-corrected chi connectivity index (χ0v) is 18.9. The lowest BCUT2D eigenvalue weighted by atomic mass is 10.1. The normalized spacial score (nSPS) is 12.2. The van der Waals surface area contributed by atoms with Gasteiger partial charge in [-0.3, -0.25) is 13.9 Å². The largest absolute Gasteiger partial charge is 0.357 e. The zero-order valence-electron chi connectivity index (χ0n) is 18.0. The Morgan fingerprint density at radius 2 is 1.70 bits per heavy atom. The molecular weight excluding hydrogens is 402 g/mol. The first-order valence-corrected chi connectivity index (χ1v) is 11.5. The van der Waals surface area contributed by atoms with Crippen LogP contribution < -0.4 is 9.62 Å². The van der Waals surface area contributed by atoms with Crippen molar-refractivity contribution in [3.05, 3.63) is 65.2 Å². The van der Waals surface area contributed by atoms with Crippen LogP contribution in [0.25, 0.3) is 0 Å². The molecule has 8 heteroatoms. The van der Waals surface area contributed by atoms with Gasteiger partial charge in [0.15, 0.2) is 0 Å². The van der Waals surface area contributed by atoms with Gasteiger partial charge in [0.05, 0.1) is 11.9 Å². The molecule has 0 saturated heterocycles. The summed E-state index contributed by atoms with van der Waals surface area (Å²) in [7, 11) is -2.22. The van der Waals surface area contributed by atoms with E-state index >= 15 is 0 Å². The Bertz CT molecular complexity index is 1010. The molecule has 0 radical (unpaired) electrons. The van der Waals surface area contributed by atoms with Crippen LogP contribution in [0.1, 0.15) is 23.6 Å². The minimum atomic E-state index is -3.72. The molecule has 0 heterocycles.